The lowest BCUT2D eigenvalue weighted by molar-refractivity contribution is 0.242. The van der Waals surface area contributed by atoms with Crippen LogP contribution in [0.1, 0.15) is 13.8 Å². The molecule has 4 nitrogen and oxygen atoms in total. The third-order valence-electron chi connectivity index (χ3n) is 3.12. The molecule has 0 unspecified atom stereocenters. The number of aromatic nitrogens is 2. The van der Waals surface area contributed by atoms with E-state index in [4.69, 9.17) is 22.1 Å². The Labute approximate surface area is 128 Å². The lowest BCUT2D eigenvalue weighted by atomic mass is 10.2. The summed E-state index contributed by atoms with van der Waals surface area (Å²) in [6, 6.07) is 13.3. The Morgan fingerprint density at radius 3 is 2.52 bits per heavy atom. The smallest absolute Gasteiger partial charge is 0.205 e. The van der Waals surface area contributed by atoms with Gasteiger partial charge in [-0.15, -0.1) is 0 Å². The van der Waals surface area contributed by atoms with Crippen molar-refractivity contribution in [1.82, 2.24) is 9.55 Å². The molecule has 0 aliphatic heterocycles. The van der Waals surface area contributed by atoms with Gasteiger partial charge in [-0.05, 0) is 50.2 Å². The molecule has 0 aliphatic rings. The van der Waals surface area contributed by atoms with Gasteiger partial charge in [-0.25, -0.2) is 4.98 Å². The summed E-state index contributed by atoms with van der Waals surface area (Å²) >= 11 is 6.28. The Balaban J connectivity index is 2.10. The van der Waals surface area contributed by atoms with Crippen LogP contribution in [0.3, 0.4) is 0 Å². The number of rotatable bonds is 3. The second kappa shape index (κ2) is 5.30. The first-order chi connectivity index (χ1) is 10.1. The Morgan fingerprint density at radius 1 is 1.14 bits per heavy atom. The second-order valence-electron chi connectivity index (χ2n) is 5.07. The fourth-order valence-corrected chi connectivity index (χ4v) is 2.56. The highest BCUT2D eigenvalue weighted by Gasteiger charge is 2.12. The number of para-hydroxylation sites is 1. The number of anilines is 1. The molecule has 0 fully saturated rings. The van der Waals surface area contributed by atoms with Gasteiger partial charge in [0.05, 0.1) is 22.2 Å². The largest absolute Gasteiger partial charge is 0.491 e. The summed E-state index contributed by atoms with van der Waals surface area (Å²) < 4.78 is 7.49. The predicted octanol–water partition coefficient (Wildman–Crippen LogP) is 4.05. The summed E-state index contributed by atoms with van der Waals surface area (Å²) in [5.74, 6) is 1.23. The van der Waals surface area contributed by atoms with Crippen LogP contribution in [0.4, 0.5) is 5.95 Å². The van der Waals surface area contributed by atoms with Crippen molar-refractivity contribution in [2.75, 3.05) is 5.73 Å². The zero-order chi connectivity index (χ0) is 15.0. The lowest BCUT2D eigenvalue weighted by Gasteiger charge is -2.11. The van der Waals surface area contributed by atoms with Crippen LogP contribution >= 0.6 is 11.6 Å². The number of benzene rings is 2. The number of nitrogens with two attached hydrogens (primary N) is 1. The van der Waals surface area contributed by atoms with Crippen LogP contribution in [0.25, 0.3) is 16.7 Å². The van der Waals surface area contributed by atoms with Gasteiger partial charge in [0.1, 0.15) is 5.75 Å². The molecule has 0 aliphatic carbocycles. The molecule has 0 saturated carbocycles. The number of hydrogen-bond donors (Lipinski definition) is 1. The molecular weight excluding hydrogens is 286 g/mol. The SMILES string of the molecule is CC(C)Oc1ccc(-n2c(N)nc3cccc(Cl)c32)cc1. The molecule has 3 aromatic rings. The third-order valence-corrected chi connectivity index (χ3v) is 3.42. The van der Waals surface area contributed by atoms with Gasteiger partial charge < -0.3 is 10.5 Å². The highest BCUT2D eigenvalue weighted by Crippen LogP contribution is 2.29. The standard InChI is InChI=1S/C16H16ClN3O/c1-10(2)21-12-8-6-11(7-9-12)20-15-13(17)4-3-5-14(15)19-16(20)18/h3-10H,1-2H3,(H2,18,19). The number of halogens is 1. The molecule has 0 bridgehead atoms. The number of nitrogens with zero attached hydrogens (tertiary/aromatic N) is 2. The number of imidazole rings is 1. The monoisotopic (exact) mass is 301 g/mol. The molecular formula is C16H16ClN3O. The van der Waals surface area contributed by atoms with E-state index in [0.29, 0.717) is 11.0 Å². The second-order valence-corrected chi connectivity index (χ2v) is 5.48. The van der Waals surface area contributed by atoms with Gasteiger partial charge in [0.2, 0.25) is 5.95 Å². The maximum absolute atomic E-state index is 6.28. The maximum Gasteiger partial charge on any atom is 0.205 e. The zero-order valence-corrected chi connectivity index (χ0v) is 12.6. The lowest BCUT2D eigenvalue weighted by Crippen LogP contribution is -2.06. The Hall–Kier alpha value is -2.20. The summed E-state index contributed by atoms with van der Waals surface area (Å²) in [5.41, 5.74) is 8.53. The minimum Gasteiger partial charge on any atom is -0.491 e. The quantitative estimate of drug-likeness (QED) is 0.794. The van der Waals surface area contributed by atoms with E-state index in [1.54, 1.807) is 0 Å². The van der Waals surface area contributed by atoms with Crippen molar-refractivity contribution < 1.29 is 4.74 Å². The van der Waals surface area contributed by atoms with Gasteiger partial charge in [-0.2, -0.15) is 0 Å². The number of hydrogen-bond acceptors (Lipinski definition) is 3. The van der Waals surface area contributed by atoms with E-state index in [1.807, 2.05) is 60.9 Å². The highest BCUT2D eigenvalue weighted by atomic mass is 35.5. The van der Waals surface area contributed by atoms with Crippen LogP contribution in [-0.4, -0.2) is 15.7 Å². The van der Waals surface area contributed by atoms with Crippen molar-refractivity contribution in [3.8, 4) is 11.4 Å². The first-order valence-corrected chi connectivity index (χ1v) is 7.13. The van der Waals surface area contributed by atoms with Crippen LogP contribution in [0.2, 0.25) is 5.02 Å². The van der Waals surface area contributed by atoms with Crippen LogP contribution in [0.5, 0.6) is 5.75 Å². The molecule has 1 heterocycles. The normalized spacial score (nSPS) is 11.2. The van der Waals surface area contributed by atoms with E-state index in [-0.39, 0.29) is 6.10 Å². The van der Waals surface area contributed by atoms with Gasteiger partial charge in [-0.3, -0.25) is 4.57 Å². The fraction of sp³-hybridized carbons (Fsp3) is 0.188. The summed E-state index contributed by atoms with van der Waals surface area (Å²) in [4.78, 5) is 4.35. The predicted molar refractivity (Wildman–Crippen MR) is 86.3 cm³/mol. The molecule has 5 heteroatoms. The van der Waals surface area contributed by atoms with Crippen molar-refractivity contribution >= 4 is 28.6 Å². The molecule has 2 aromatic carbocycles. The topological polar surface area (TPSA) is 53.1 Å². The maximum atomic E-state index is 6.28. The molecule has 0 amide bonds. The van der Waals surface area contributed by atoms with E-state index in [0.717, 1.165) is 22.5 Å². The first-order valence-electron chi connectivity index (χ1n) is 6.76. The highest BCUT2D eigenvalue weighted by molar-refractivity contribution is 6.35. The third kappa shape index (κ3) is 2.54. The van der Waals surface area contributed by atoms with E-state index < -0.39 is 0 Å². The molecule has 2 N–H and O–H groups in total. The van der Waals surface area contributed by atoms with Gasteiger partial charge >= 0.3 is 0 Å². The van der Waals surface area contributed by atoms with Gasteiger partial charge in [0, 0.05) is 5.69 Å². The molecule has 0 atom stereocenters. The molecule has 108 valence electrons. The molecule has 1 aromatic heterocycles. The minimum atomic E-state index is 0.143. The van der Waals surface area contributed by atoms with Gasteiger partial charge in [0.15, 0.2) is 0 Å². The number of ether oxygens (including phenoxy) is 1. The van der Waals surface area contributed by atoms with Crippen molar-refractivity contribution in [3.63, 3.8) is 0 Å². The van der Waals surface area contributed by atoms with Crippen LogP contribution in [-0.2, 0) is 0 Å². The molecule has 0 saturated heterocycles. The van der Waals surface area contributed by atoms with E-state index in [1.165, 1.54) is 0 Å². The van der Waals surface area contributed by atoms with Gasteiger partial charge in [-0.1, -0.05) is 17.7 Å². The molecule has 3 rings (SSSR count). The van der Waals surface area contributed by atoms with E-state index >= 15 is 0 Å². The van der Waals surface area contributed by atoms with Crippen LogP contribution in [0.15, 0.2) is 42.5 Å². The Bertz CT molecular complexity index is 778. The number of fused-ring (bicyclic) bond motifs is 1. The van der Waals surface area contributed by atoms with Crippen LogP contribution < -0.4 is 10.5 Å². The Morgan fingerprint density at radius 2 is 1.86 bits per heavy atom. The van der Waals surface area contributed by atoms with Crippen LogP contribution in [0, 0.1) is 0 Å². The van der Waals surface area contributed by atoms with E-state index in [9.17, 15) is 0 Å². The molecule has 21 heavy (non-hydrogen) atoms. The number of nitrogen functional groups attached to an aromatic ring is 1. The fourth-order valence-electron chi connectivity index (χ4n) is 2.31. The summed E-state index contributed by atoms with van der Waals surface area (Å²) in [7, 11) is 0. The average molecular weight is 302 g/mol. The zero-order valence-electron chi connectivity index (χ0n) is 11.9. The van der Waals surface area contributed by atoms with Gasteiger partial charge in [0.25, 0.3) is 0 Å². The van der Waals surface area contributed by atoms with Crippen molar-refractivity contribution in [2.24, 2.45) is 0 Å². The summed E-state index contributed by atoms with van der Waals surface area (Å²) in [6.45, 7) is 3.99. The molecule has 0 spiro atoms. The summed E-state index contributed by atoms with van der Waals surface area (Å²) in [5, 5.41) is 0.624. The Kier molecular flexibility index (Phi) is 3.47. The summed E-state index contributed by atoms with van der Waals surface area (Å²) in [6.07, 6.45) is 0.143. The molecule has 0 radical (unpaired) electrons. The first kappa shape index (κ1) is 13.8. The van der Waals surface area contributed by atoms with Crippen molar-refractivity contribution in [1.29, 1.82) is 0 Å². The minimum absolute atomic E-state index is 0.143. The van der Waals surface area contributed by atoms with Crippen molar-refractivity contribution in [3.05, 3.63) is 47.5 Å². The van der Waals surface area contributed by atoms with Crippen molar-refractivity contribution in [2.45, 2.75) is 20.0 Å². The average Bonchev–Trinajstić information content (AvgIpc) is 2.77. The van der Waals surface area contributed by atoms with E-state index in [2.05, 4.69) is 4.98 Å².